The molecule has 0 saturated heterocycles. The van der Waals surface area contributed by atoms with E-state index in [4.69, 9.17) is 4.74 Å². The Kier molecular flexibility index (Phi) is 4.49. The third-order valence-corrected chi connectivity index (χ3v) is 2.09. The van der Waals surface area contributed by atoms with Crippen LogP contribution in [-0.2, 0) is 11.1 Å². The molecular weight excluding hydrogens is 188 g/mol. The molecule has 0 saturated carbocycles. The number of hydrogen-bond acceptors (Lipinski definition) is 3. The molecule has 1 aromatic rings. The highest BCUT2D eigenvalue weighted by Crippen LogP contribution is 2.08. The van der Waals surface area contributed by atoms with E-state index in [2.05, 4.69) is 0 Å². The molecule has 0 fully saturated rings. The third kappa shape index (κ3) is 4.65. The highest BCUT2D eigenvalue weighted by atomic mass is 32.2. The second-order valence-electron chi connectivity index (χ2n) is 2.52. The number of benzene rings is 1. The van der Waals surface area contributed by atoms with Crippen LogP contribution in [0.3, 0.4) is 0 Å². The second-order valence-corrected chi connectivity index (χ2v) is 3.54. The summed E-state index contributed by atoms with van der Waals surface area (Å²) in [6.45, 7) is 0.442. The lowest BCUT2D eigenvalue weighted by Crippen LogP contribution is -2.03. The van der Waals surface area contributed by atoms with Crippen LogP contribution in [0.4, 0.5) is 0 Å². The Hall–Kier alpha value is -0.870. The van der Waals surface area contributed by atoms with Crippen molar-refractivity contribution in [2.24, 2.45) is 0 Å². The van der Waals surface area contributed by atoms with Crippen LogP contribution >= 0.6 is 0 Å². The van der Waals surface area contributed by atoms with Gasteiger partial charge < -0.3 is 9.29 Å². The fourth-order valence-electron chi connectivity index (χ4n) is 0.884. The second kappa shape index (κ2) is 5.72. The van der Waals surface area contributed by atoms with E-state index in [0.717, 1.165) is 5.75 Å². The van der Waals surface area contributed by atoms with Gasteiger partial charge >= 0.3 is 0 Å². The summed E-state index contributed by atoms with van der Waals surface area (Å²) in [5, 5.41) is 0. The Morgan fingerprint density at radius 2 is 2.00 bits per heavy atom. The average Bonchev–Trinajstić information content (AvgIpc) is 2.14. The van der Waals surface area contributed by atoms with Crippen molar-refractivity contribution in [1.82, 2.24) is 0 Å². The maximum atomic E-state index is 10.2. The van der Waals surface area contributed by atoms with Gasteiger partial charge in [0.1, 0.15) is 5.75 Å². The molecule has 3 nitrogen and oxygen atoms in total. The zero-order chi connectivity index (χ0) is 9.52. The number of rotatable bonds is 5. The summed E-state index contributed by atoms with van der Waals surface area (Å²) in [6.07, 6.45) is 0.533. The molecule has 0 radical (unpaired) electrons. The Morgan fingerprint density at radius 1 is 1.31 bits per heavy atom. The smallest absolute Gasteiger partial charge is 0.119 e. The summed E-state index contributed by atoms with van der Waals surface area (Å²) in [4.78, 5) is 0. The van der Waals surface area contributed by atoms with E-state index < -0.39 is 11.1 Å². The zero-order valence-electron chi connectivity index (χ0n) is 7.14. The van der Waals surface area contributed by atoms with Gasteiger partial charge in [0.05, 0.1) is 6.61 Å². The molecule has 0 amide bonds. The van der Waals surface area contributed by atoms with E-state index in [9.17, 15) is 8.76 Å². The van der Waals surface area contributed by atoms with E-state index in [1.54, 1.807) is 0 Å². The molecule has 1 aromatic carbocycles. The highest BCUT2D eigenvalue weighted by molar-refractivity contribution is 7.79. The van der Waals surface area contributed by atoms with Crippen LogP contribution in [0.2, 0.25) is 0 Å². The molecule has 4 heteroatoms. The lowest BCUT2D eigenvalue weighted by molar-refractivity contribution is 0.317. The van der Waals surface area contributed by atoms with E-state index >= 15 is 0 Å². The highest BCUT2D eigenvalue weighted by Gasteiger charge is 1.91. The van der Waals surface area contributed by atoms with E-state index in [0.29, 0.717) is 13.0 Å². The van der Waals surface area contributed by atoms with Gasteiger partial charge in [0.25, 0.3) is 0 Å². The van der Waals surface area contributed by atoms with Crippen molar-refractivity contribution in [3.63, 3.8) is 0 Å². The van der Waals surface area contributed by atoms with E-state index in [1.165, 1.54) is 0 Å². The first-order valence-electron chi connectivity index (χ1n) is 4.03. The normalized spacial score (nSPS) is 12.4. The van der Waals surface area contributed by atoms with Crippen molar-refractivity contribution in [1.29, 1.82) is 0 Å². The first kappa shape index (κ1) is 10.2. The van der Waals surface area contributed by atoms with Gasteiger partial charge in [-0.25, -0.2) is 0 Å². The lowest BCUT2D eigenvalue weighted by atomic mass is 10.3. The molecule has 0 spiro atoms. The fourth-order valence-corrected chi connectivity index (χ4v) is 1.24. The largest absolute Gasteiger partial charge is 0.772 e. The summed E-state index contributed by atoms with van der Waals surface area (Å²) in [7, 11) is 0. The molecule has 0 aromatic heterocycles. The van der Waals surface area contributed by atoms with Crippen molar-refractivity contribution in [2.45, 2.75) is 6.42 Å². The molecule has 0 aliphatic rings. The molecule has 0 bridgehead atoms. The summed E-state index contributed by atoms with van der Waals surface area (Å²) in [5.74, 6) is 0.937. The summed E-state index contributed by atoms with van der Waals surface area (Å²) >= 11 is -1.95. The minimum absolute atomic E-state index is 0.160. The fraction of sp³-hybridized carbons (Fsp3) is 0.333. The third-order valence-electron chi connectivity index (χ3n) is 1.47. The maximum absolute atomic E-state index is 10.2. The molecule has 1 rings (SSSR count). The first-order chi connectivity index (χ1) is 6.29. The van der Waals surface area contributed by atoms with Crippen LogP contribution in [0.5, 0.6) is 5.75 Å². The summed E-state index contributed by atoms with van der Waals surface area (Å²) < 4.78 is 25.6. The van der Waals surface area contributed by atoms with Crippen LogP contribution in [0.1, 0.15) is 6.42 Å². The van der Waals surface area contributed by atoms with Gasteiger partial charge in [-0.2, -0.15) is 0 Å². The van der Waals surface area contributed by atoms with Crippen LogP contribution in [0, 0.1) is 0 Å². The predicted molar refractivity (Wildman–Crippen MR) is 50.3 cm³/mol. The van der Waals surface area contributed by atoms with Crippen LogP contribution < -0.4 is 4.74 Å². The molecular formula is C9H11O3S-. The molecule has 72 valence electrons. The van der Waals surface area contributed by atoms with Crippen molar-refractivity contribution < 1.29 is 13.5 Å². The SMILES string of the molecule is O=S([O-])CCCOc1ccccc1. The van der Waals surface area contributed by atoms with Crippen LogP contribution in [0.15, 0.2) is 30.3 Å². The van der Waals surface area contributed by atoms with Gasteiger partial charge in [-0.3, -0.25) is 4.21 Å². The van der Waals surface area contributed by atoms with Gasteiger partial charge in [-0.05, 0) is 18.6 Å². The predicted octanol–water partition coefficient (Wildman–Crippen LogP) is 1.33. The molecule has 0 aliphatic heterocycles. The van der Waals surface area contributed by atoms with Gasteiger partial charge in [0.2, 0.25) is 0 Å². The summed E-state index contributed by atoms with van der Waals surface area (Å²) in [5.41, 5.74) is 0. The Labute approximate surface area is 80.0 Å². The molecule has 0 heterocycles. The first-order valence-corrected chi connectivity index (χ1v) is 5.27. The maximum Gasteiger partial charge on any atom is 0.119 e. The topological polar surface area (TPSA) is 49.4 Å². The lowest BCUT2D eigenvalue weighted by Gasteiger charge is -2.06. The van der Waals surface area contributed by atoms with Gasteiger partial charge in [0.15, 0.2) is 0 Å². The standard InChI is InChI=1S/C9H12O3S/c10-13(11)8-4-7-12-9-5-2-1-3-6-9/h1-3,5-6H,4,7-8H2,(H,10,11)/p-1. The van der Waals surface area contributed by atoms with Gasteiger partial charge in [-0.15, -0.1) is 0 Å². The molecule has 13 heavy (non-hydrogen) atoms. The number of para-hydroxylation sites is 1. The average molecular weight is 199 g/mol. The quantitative estimate of drug-likeness (QED) is 0.531. The monoisotopic (exact) mass is 199 g/mol. The Morgan fingerprint density at radius 3 is 2.62 bits per heavy atom. The minimum Gasteiger partial charge on any atom is -0.772 e. The van der Waals surface area contributed by atoms with Crippen molar-refractivity contribution in [3.8, 4) is 5.75 Å². The minimum atomic E-state index is -1.95. The van der Waals surface area contributed by atoms with Crippen molar-refractivity contribution in [3.05, 3.63) is 30.3 Å². The molecule has 1 atom stereocenters. The van der Waals surface area contributed by atoms with Gasteiger partial charge in [0, 0.05) is 5.75 Å². The van der Waals surface area contributed by atoms with E-state index in [-0.39, 0.29) is 5.75 Å². The van der Waals surface area contributed by atoms with Crippen molar-refractivity contribution >= 4 is 11.1 Å². The summed E-state index contributed by atoms with van der Waals surface area (Å²) in [6, 6.07) is 9.34. The van der Waals surface area contributed by atoms with E-state index in [1.807, 2.05) is 30.3 Å². The Bertz CT molecular complexity index is 261. The van der Waals surface area contributed by atoms with Crippen LogP contribution in [-0.4, -0.2) is 21.1 Å². The molecule has 0 aliphatic carbocycles. The van der Waals surface area contributed by atoms with Crippen molar-refractivity contribution in [2.75, 3.05) is 12.4 Å². The number of hydrogen-bond donors (Lipinski definition) is 0. The molecule has 1 unspecified atom stereocenters. The Balaban J connectivity index is 2.17. The molecule has 0 N–H and O–H groups in total. The van der Waals surface area contributed by atoms with Gasteiger partial charge in [-0.1, -0.05) is 29.3 Å². The zero-order valence-corrected chi connectivity index (χ0v) is 7.96. The number of ether oxygens (including phenoxy) is 1. The van der Waals surface area contributed by atoms with Crippen LogP contribution in [0.25, 0.3) is 0 Å².